The van der Waals surface area contributed by atoms with E-state index in [0.29, 0.717) is 35.2 Å². The standard InChI is InChI=1S/C17H22Cl2N2O3/c1-3-14(10-24-2)20-16(22)15-5-4-6-21(15)17(23)11-7-12(18)9-13(19)8-11/h7-9,14-15H,3-6,10H2,1-2H3,(H,20,22). The fraction of sp³-hybridized carbons (Fsp3) is 0.529. The molecule has 7 heteroatoms. The second kappa shape index (κ2) is 8.70. The van der Waals surface area contributed by atoms with Crippen molar-refractivity contribution in [2.45, 2.75) is 38.3 Å². The number of halogens is 2. The number of benzene rings is 1. The number of ether oxygens (including phenoxy) is 1. The number of carbonyl (C=O) groups excluding carboxylic acids is 2. The van der Waals surface area contributed by atoms with Gasteiger partial charge in [-0.25, -0.2) is 0 Å². The molecule has 5 nitrogen and oxygen atoms in total. The Morgan fingerprint density at radius 3 is 2.58 bits per heavy atom. The summed E-state index contributed by atoms with van der Waals surface area (Å²) in [5, 5.41) is 3.76. The highest BCUT2D eigenvalue weighted by Gasteiger charge is 2.35. The minimum atomic E-state index is -0.471. The van der Waals surface area contributed by atoms with E-state index in [9.17, 15) is 9.59 Å². The Kier molecular flexibility index (Phi) is 6.90. The van der Waals surface area contributed by atoms with Gasteiger partial charge in [0.05, 0.1) is 12.6 Å². The van der Waals surface area contributed by atoms with Gasteiger partial charge in [0.2, 0.25) is 5.91 Å². The molecule has 0 radical (unpaired) electrons. The molecule has 1 aromatic rings. The lowest BCUT2D eigenvalue weighted by Gasteiger charge is -2.26. The molecule has 1 N–H and O–H groups in total. The van der Waals surface area contributed by atoms with Gasteiger partial charge in [-0.2, -0.15) is 0 Å². The molecule has 0 aromatic heterocycles. The summed E-state index contributed by atoms with van der Waals surface area (Å²) in [7, 11) is 1.60. The molecule has 0 aliphatic carbocycles. The molecule has 1 saturated heterocycles. The largest absolute Gasteiger partial charge is 0.383 e. The first-order valence-corrected chi connectivity index (χ1v) is 8.78. The van der Waals surface area contributed by atoms with Crippen LogP contribution in [0, 0.1) is 0 Å². The van der Waals surface area contributed by atoms with Crippen molar-refractivity contribution in [1.29, 1.82) is 0 Å². The molecule has 1 aliphatic heterocycles. The number of likely N-dealkylation sites (tertiary alicyclic amines) is 1. The number of hydrogen-bond donors (Lipinski definition) is 1. The van der Waals surface area contributed by atoms with E-state index < -0.39 is 6.04 Å². The van der Waals surface area contributed by atoms with Crippen molar-refractivity contribution in [3.8, 4) is 0 Å². The number of carbonyl (C=O) groups is 2. The van der Waals surface area contributed by atoms with E-state index in [0.717, 1.165) is 12.8 Å². The van der Waals surface area contributed by atoms with Crippen LogP contribution in [0.1, 0.15) is 36.5 Å². The number of hydrogen-bond acceptors (Lipinski definition) is 3. The van der Waals surface area contributed by atoms with Crippen LogP contribution < -0.4 is 5.32 Å². The van der Waals surface area contributed by atoms with E-state index >= 15 is 0 Å². The summed E-state index contributed by atoms with van der Waals surface area (Å²) < 4.78 is 5.10. The van der Waals surface area contributed by atoms with Gasteiger partial charge in [-0.05, 0) is 37.5 Å². The van der Waals surface area contributed by atoms with Crippen LogP contribution in [0.2, 0.25) is 10.0 Å². The number of methoxy groups -OCH3 is 1. The van der Waals surface area contributed by atoms with Gasteiger partial charge in [0.15, 0.2) is 0 Å². The van der Waals surface area contributed by atoms with E-state index in [1.807, 2.05) is 6.92 Å². The molecule has 2 amide bonds. The van der Waals surface area contributed by atoms with Crippen molar-refractivity contribution in [1.82, 2.24) is 10.2 Å². The van der Waals surface area contributed by atoms with Gasteiger partial charge < -0.3 is 15.0 Å². The first-order chi connectivity index (χ1) is 11.5. The van der Waals surface area contributed by atoms with Gasteiger partial charge in [0.1, 0.15) is 6.04 Å². The molecular weight excluding hydrogens is 351 g/mol. The topological polar surface area (TPSA) is 58.6 Å². The van der Waals surface area contributed by atoms with Crippen molar-refractivity contribution in [2.75, 3.05) is 20.3 Å². The number of nitrogens with one attached hydrogen (secondary N) is 1. The highest BCUT2D eigenvalue weighted by Crippen LogP contribution is 2.24. The van der Waals surface area contributed by atoms with Crippen LogP contribution in [0.5, 0.6) is 0 Å². The second-order valence-corrected chi connectivity index (χ2v) is 6.76. The summed E-state index contributed by atoms with van der Waals surface area (Å²) in [6, 6.07) is 4.19. The van der Waals surface area contributed by atoms with E-state index in [1.54, 1.807) is 30.2 Å². The number of amides is 2. The molecule has 2 rings (SSSR count). The number of nitrogens with zero attached hydrogens (tertiary/aromatic N) is 1. The monoisotopic (exact) mass is 372 g/mol. The van der Waals surface area contributed by atoms with E-state index in [2.05, 4.69) is 5.32 Å². The average molecular weight is 373 g/mol. The number of rotatable bonds is 6. The summed E-state index contributed by atoms with van der Waals surface area (Å²) in [4.78, 5) is 26.9. The molecule has 132 valence electrons. The Hall–Kier alpha value is -1.30. The molecule has 2 unspecified atom stereocenters. The lowest BCUT2D eigenvalue weighted by atomic mass is 10.1. The third-order valence-electron chi connectivity index (χ3n) is 4.13. The minimum Gasteiger partial charge on any atom is -0.383 e. The zero-order valence-electron chi connectivity index (χ0n) is 13.9. The Labute approximate surface area is 152 Å². The Bertz CT molecular complexity index is 589. The summed E-state index contributed by atoms with van der Waals surface area (Å²) in [6.07, 6.45) is 2.21. The van der Waals surface area contributed by atoms with Crippen LogP contribution in [0.25, 0.3) is 0 Å². The highest BCUT2D eigenvalue weighted by molar-refractivity contribution is 6.35. The third kappa shape index (κ3) is 4.62. The normalized spacial score (nSPS) is 18.5. The van der Waals surface area contributed by atoms with Gasteiger partial charge in [-0.3, -0.25) is 9.59 Å². The maximum absolute atomic E-state index is 12.8. The summed E-state index contributed by atoms with van der Waals surface area (Å²) in [5.74, 6) is -0.366. The van der Waals surface area contributed by atoms with Crippen LogP contribution in [-0.2, 0) is 9.53 Å². The zero-order chi connectivity index (χ0) is 17.7. The van der Waals surface area contributed by atoms with Crippen molar-refractivity contribution in [3.05, 3.63) is 33.8 Å². The second-order valence-electron chi connectivity index (χ2n) is 5.88. The maximum atomic E-state index is 12.8. The fourth-order valence-electron chi connectivity index (χ4n) is 2.89. The Morgan fingerprint density at radius 1 is 1.33 bits per heavy atom. The molecule has 1 heterocycles. The molecule has 0 bridgehead atoms. The quantitative estimate of drug-likeness (QED) is 0.834. The summed E-state index contributed by atoms with van der Waals surface area (Å²) in [6.45, 7) is 2.98. The fourth-order valence-corrected chi connectivity index (χ4v) is 3.41. The lowest BCUT2D eigenvalue weighted by Crippen LogP contribution is -2.49. The van der Waals surface area contributed by atoms with E-state index in [1.165, 1.54) is 0 Å². The molecule has 1 aromatic carbocycles. The van der Waals surface area contributed by atoms with Crippen molar-refractivity contribution in [3.63, 3.8) is 0 Å². The maximum Gasteiger partial charge on any atom is 0.254 e. The van der Waals surface area contributed by atoms with E-state index in [-0.39, 0.29) is 17.9 Å². The van der Waals surface area contributed by atoms with Gasteiger partial charge in [-0.15, -0.1) is 0 Å². The molecule has 1 fully saturated rings. The van der Waals surface area contributed by atoms with Crippen molar-refractivity contribution < 1.29 is 14.3 Å². The van der Waals surface area contributed by atoms with Gasteiger partial charge >= 0.3 is 0 Å². The molecule has 24 heavy (non-hydrogen) atoms. The highest BCUT2D eigenvalue weighted by atomic mass is 35.5. The predicted octanol–water partition coefficient (Wildman–Crippen LogP) is 3.14. The third-order valence-corrected chi connectivity index (χ3v) is 4.57. The van der Waals surface area contributed by atoms with Crippen LogP contribution in [0.15, 0.2) is 18.2 Å². The summed E-state index contributed by atoms with van der Waals surface area (Å²) >= 11 is 11.9. The van der Waals surface area contributed by atoms with Gasteiger partial charge in [0.25, 0.3) is 5.91 Å². The minimum absolute atomic E-state index is 0.0549. The zero-order valence-corrected chi connectivity index (χ0v) is 15.4. The van der Waals surface area contributed by atoms with Crippen molar-refractivity contribution in [2.24, 2.45) is 0 Å². The molecule has 2 atom stereocenters. The van der Waals surface area contributed by atoms with Gasteiger partial charge in [-0.1, -0.05) is 30.1 Å². The van der Waals surface area contributed by atoms with Crippen LogP contribution in [-0.4, -0.2) is 49.1 Å². The smallest absolute Gasteiger partial charge is 0.254 e. The van der Waals surface area contributed by atoms with Crippen LogP contribution in [0.3, 0.4) is 0 Å². The predicted molar refractivity (Wildman–Crippen MR) is 94.6 cm³/mol. The first-order valence-electron chi connectivity index (χ1n) is 8.02. The first kappa shape index (κ1) is 19.0. The molecule has 1 aliphatic rings. The SMILES string of the molecule is CCC(COC)NC(=O)C1CCCN1C(=O)c1cc(Cl)cc(Cl)c1. The average Bonchev–Trinajstić information content (AvgIpc) is 3.02. The lowest BCUT2D eigenvalue weighted by molar-refractivity contribution is -0.126. The molecule has 0 saturated carbocycles. The molecule has 0 spiro atoms. The van der Waals surface area contributed by atoms with Gasteiger partial charge in [0, 0.05) is 29.3 Å². The summed E-state index contributed by atoms with van der Waals surface area (Å²) in [5.41, 5.74) is 0.399. The molecular formula is C17H22Cl2N2O3. The van der Waals surface area contributed by atoms with Crippen LogP contribution in [0.4, 0.5) is 0 Å². The van der Waals surface area contributed by atoms with Crippen molar-refractivity contribution >= 4 is 35.0 Å². The van der Waals surface area contributed by atoms with Crippen LogP contribution >= 0.6 is 23.2 Å². The van der Waals surface area contributed by atoms with E-state index in [4.69, 9.17) is 27.9 Å². The Balaban J connectivity index is 2.11. The Morgan fingerprint density at radius 2 is 2.00 bits per heavy atom.